The number of aliphatic imine (C=N–C) groups is 1. The van der Waals surface area contributed by atoms with Gasteiger partial charge in [-0.2, -0.15) is 0 Å². The molecular formula is C18H28FIN6O. The van der Waals surface area contributed by atoms with E-state index in [1.54, 1.807) is 7.11 Å². The number of aromatic nitrogens is 3. The maximum atomic E-state index is 12.4. The first-order valence-corrected chi connectivity index (χ1v) is 8.70. The van der Waals surface area contributed by atoms with Crippen LogP contribution in [0.1, 0.15) is 23.6 Å². The van der Waals surface area contributed by atoms with E-state index >= 15 is 0 Å². The van der Waals surface area contributed by atoms with Crippen LogP contribution in [-0.4, -0.2) is 47.6 Å². The fourth-order valence-corrected chi connectivity index (χ4v) is 2.30. The summed E-state index contributed by atoms with van der Waals surface area (Å²) >= 11 is 0. The van der Waals surface area contributed by atoms with E-state index in [1.165, 1.54) is 5.56 Å². The molecule has 1 aromatic heterocycles. The number of ether oxygens (including phenoxy) is 1. The molecular weight excluding hydrogens is 462 g/mol. The highest BCUT2D eigenvalue weighted by molar-refractivity contribution is 14.0. The molecule has 2 rings (SSSR count). The predicted octanol–water partition coefficient (Wildman–Crippen LogP) is 2.39. The summed E-state index contributed by atoms with van der Waals surface area (Å²) in [6.07, 6.45) is 1.29. The molecule has 2 N–H and O–H groups in total. The second kappa shape index (κ2) is 12.5. The zero-order valence-electron chi connectivity index (χ0n) is 16.0. The van der Waals surface area contributed by atoms with Crippen LogP contribution in [0, 0.1) is 6.92 Å². The molecule has 0 bridgehead atoms. The van der Waals surface area contributed by atoms with Gasteiger partial charge in [-0.25, -0.2) is 4.99 Å². The van der Waals surface area contributed by atoms with Gasteiger partial charge in [0, 0.05) is 20.1 Å². The molecule has 150 valence electrons. The zero-order chi connectivity index (χ0) is 18.8. The van der Waals surface area contributed by atoms with E-state index in [0.29, 0.717) is 32.0 Å². The number of nitrogens with zero attached hydrogens (tertiary/aromatic N) is 4. The van der Waals surface area contributed by atoms with Gasteiger partial charge in [-0.05, 0) is 37.5 Å². The van der Waals surface area contributed by atoms with Crippen LogP contribution in [0.3, 0.4) is 0 Å². The van der Waals surface area contributed by atoms with Crippen LogP contribution < -0.4 is 15.4 Å². The minimum absolute atomic E-state index is 0. The van der Waals surface area contributed by atoms with Gasteiger partial charge < -0.3 is 19.9 Å². The largest absolute Gasteiger partial charge is 0.497 e. The van der Waals surface area contributed by atoms with Crippen LogP contribution in [-0.2, 0) is 20.0 Å². The molecule has 0 unspecified atom stereocenters. The average Bonchev–Trinajstić information content (AvgIpc) is 2.98. The molecule has 0 aliphatic heterocycles. The maximum Gasteiger partial charge on any atom is 0.191 e. The summed E-state index contributed by atoms with van der Waals surface area (Å²) in [5, 5.41) is 14.6. The van der Waals surface area contributed by atoms with Crippen LogP contribution in [0.5, 0.6) is 5.75 Å². The number of methoxy groups -OCH3 is 1. The Morgan fingerprint density at radius 2 is 1.89 bits per heavy atom. The van der Waals surface area contributed by atoms with Gasteiger partial charge in [0.15, 0.2) is 11.8 Å². The smallest absolute Gasteiger partial charge is 0.191 e. The van der Waals surface area contributed by atoms with Gasteiger partial charge in [0.2, 0.25) is 0 Å². The van der Waals surface area contributed by atoms with Crippen molar-refractivity contribution in [3.8, 4) is 5.75 Å². The minimum atomic E-state index is -0.353. The number of aryl methyl sites for hydroxylation is 1. The molecule has 27 heavy (non-hydrogen) atoms. The van der Waals surface area contributed by atoms with Crippen molar-refractivity contribution < 1.29 is 9.13 Å². The third-order valence-corrected chi connectivity index (χ3v) is 4.03. The number of benzene rings is 1. The highest BCUT2D eigenvalue weighted by atomic mass is 127. The van der Waals surface area contributed by atoms with E-state index in [1.807, 2.05) is 42.8 Å². The van der Waals surface area contributed by atoms with Crippen molar-refractivity contribution in [2.45, 2.75) is 26.3 Å². The molecule has 1 aromatic carbocycles. The molecule has 0 saturated carbocycles. The summed E-state index contributed by atoms with van der Waals surface area (Å²) in [6, 6.07) is 7.97. The van der Waals surface area contributed by atoms with Crippen molar-refractivity contribution in [3.05, 3.63) is 41.5 Å². The van der Waals surface area contributed by atoms with Gasteiger partial charge in [-0.3, -0.25) is 4.39 Å². The van der Waals surface area contributed by atoms with Crippen molar-refractivity contribution >= 4 is 29.9 Å². The standard InChI is InChI=1S/C18H27FN6O.HI/c1-14-23-24-17(25(14)2)13-22-18(20-11-4-10-19)21-12-9-15-5-7-16(26-3)8-6-15;/h5-8H,4,9-13H2,1-3H3,(H2,20,21,22);1H. The third-order valence-electron chi connectivity index (χ3n) is 4.03. The minimum Gasteiger partial charge on any atom is -0.497 e. The summed E-state index contributed by atoms with van der Waals surface area (Å²) < 4.78 is 19.4. The molecule has 0 atom stereocenters. The fourth-order valence-electron chi connectivity index (χ4n) is 2.30. The summed E-state index contributed by atoms with van der Waals surface area (Å²) in [4.78, 5) is 4.53. The summed E-state index contributed by atoms with van der Waals surface area (Å²) in [6.45, 7) is 3.20. The van der Waals surface area contributed by atoms with Crippen molar-refractivity contribution in [3.63, 3.8) is 0 Å². The fraction of sp³-hybridized carbons (Fsp3) is 0.500. The van der Waals surface area contributed by atoms with Gasteiger partial charge in [-0.15, -0.1) is 34.2 Å². The van der Waals surface area contributed by atoms with E-state index in [0.717, 1.165) is 23.8 Å². The number of hydrogen-bond donors (Lipinski definition) is 2. The normalized spacial score (nSPS) is 11.0. The van der Waals surface area contributed by atoms with Gasteiger partial charge >= 0.3 is 0 Å². The monoisotopic (exact) mass is 490 g/mol. The van der Waals surface area contributed by atoms with Crippen LogP contribution in [0.25, 0.3) is 0 Å². The Morgan fingerprint density at radius 1 is 1.19 bits per heavy atom. The first kappa shape index (κ1) is 23.1. The lowest BCUT2D eigenvalue weighted by Gasteiger charge is -2.12. The van der Waals surface area contributed by atoms with Crippen molar-refractivity contribution in [1.29, 1.82) is 0 Å². The van der Waals surface area contributed by atoms with Gasteiger partial charge in [-0.1, -0.05) is 12.1 Å². The summed E-state index contributed by atoms with van der Waals surface area (Å²) in [7, 11) is 3.56. The number of alkyl halides is 1. The molecule has 9 heteroatoms. The first-order chi connectivity index (χ1) is 12.6. The quantitative estimate of drug-likeness (QED) is 0.245. The molecule has 2 aromatic rings. The van der Waals surface area contributed by atoms with Crippen LogP contribution in [0.4, 0.5) is 4.39 Å². The SMILES string of the molecule is COc1ccc(CCNC(=NCc2nnc(C)n2C)NCCCF)cc1.I. The van der Waals surface area contributed by atoms with Crippen molar-refractivity contribution in [2.75, 3.05) is 26.9 Å². The molecule has 1 heterocycles. The molecule has 0 fully saturated rings. The topological polar surface area (TPSA) is 76.4 Å². The van der Waals surface area contributed by atoms with Crippen LogP contribution in [0.2, 0.25) is 0 Å². The number of guanidine groups is 1. The molecule has 0 radical (unpaired) electrons. The van der Waals surface area contributed by atoms with E-state index in [9.17, 15) is 4.39 Å². The summed E-state index contributed by atoms with van der Waals surface area (Å²) in [5.74, 6) is 3.11. The Morgan fingerprint density at radius 3 is 2.48 bits per heavy atom. The van der Waals surface area contributed by atoms with Crippen LogP contribution in [0.15, 0.2) is 29.3 Å². The second-order valence-corrected chi connectivity index (χ2v) is 5.88. The Bertz CT molecular complexity index is 704. The highest BCUT2D eigenvalue weighted by Gasteiger charge is 2.05. The second-order valence-electron chi connectivity index (χ2n) is 5.88. The lowest BCUT2D eigenvalue weighted by atomic mass is 10.1. The van der Waals surface area contributed by atoms with E-state index < -0.39 is 0 Å². The van der Waals surface area contributed by atoms with E-state index in [4.69, 9.17) is 4.74 Å². The van der Waals surface area contributed by atoms with E-state index in [-0.39, 0.29) is 30.7 Å². The predicted molar refractivity (Wildman–Crippen MR) is 116 cm³/mol. The molecule has 0 aliphatic carbocycles. The zero-order valence-corrected chi connectivity index (χ0v) is 18.4. The Balaban J connectivity index is 0.00000364. The van der Waals surface area contributed by atoms with Crippen molar-refractivity contribution in [2.24, 2.45) is 12.0 Å². The highest BCUT2D eigenvalue weighted by Crippen LogP contribution is 2.11. The lowest BCUT2D eigenvalue weighted by molar-refractivity contribution is 0.414. The third kappa shape index (κ3) is 7.69. The average molecular weight is 490 g/mol. The Kier molecular flexibility index (Phi) is 10.7. The number of halogens is 2. The van der Waals surface area contributed by atoms with Crippen molar-refractivity contribution in [1.82, 2.24) is 25.4 Å². The van der Waals surface area contributed by atoms with Crippen LogP contribution >= 0.6 is 24.0 Å². The number of hydrogen-bond acceptors (Lipinski definition) is 4. The first-order valence-electron chi connectivity index (χ1n) is 8.70. The molecule has 0 aliphatic rings. The van der Waals surface area contributed by atoms with Gasteiger partial charge in [0.05, 0.1) is 13.8 Å². The molecule has 7 nitrogen and oxygen atoms in total. The Labute approximate surface area is 176 Å². The lowest BCUT2D eigenvalue weighted by Crippen LogP contribution is -2.39. The van der Waals surface area contributed by atoms with E-state index in [2.05, 4.69) is 25.8 Å². The Hall–Kier alpha value is -1.91. The molecule has 0 saturated heterocycles. The summed E-state index contributed by atoms with van der Waals surface area (Å²) in [5.41, 5.74) is 1.20. The molecule has 0 amide bonds. The number of nitrogens with one attached hydrogen (secondary N) is 2. The molecule has 0 spiro atoms. The maximum absolute atomic E-state index is 12.4. The number of rotatable bonds is 9. The van der Waals surface area contributed by atoms with Gasteiger partial charge in [0.1, 0.15) is 18.1 Å². The van der Waals surface area contributed by atoms with Gasteiger partial charge in [0.25, 0.3) is 0 Å².